The average molecular weight is 306 g/mol. The van der Waals surface area contributed by atoms with E-state index in [2.05, 4.69) is 45.2 Å². The molecule has 2 aromatic heterocycles. The standard InChI is InChI=1S/C19H22N4/c1-2-5-15(6-3-1)14-23-11-4-7-16(9-12-23)19-21-17-8-10-20-13-18(17)22-19/h1-3,5-6,8,10,13,16H,4,7,9,11-12,14H2,(H,21,22). The van der Waals surface area contributed by atoms with E-state index in [1.54, 1.807) is 0 Å². The van der Waals surface area contributed by atoms with Crippen molar-refractivity contribution in [3.63, 3.8) is 0 Å². The van der Waals surface area contributed by atoms with Crippen LogP contribution >= 0.6 is 0 Å². The lowest BCUT2D eigenvalue weighted by Gasteiger charge is -2.20. The fraction of sp³-hybridized carbons (Fsp3) is 0.368. The SMILES string of the molecule is c1ccc(CN2CCCC(c3nc4ccncc4[nH]3)CC2)cc1. The highest BCUT2D eigenvalue weighted by molar-refractivity contribution is 5.73. The lowest BCUT2D eigenvalue weighted by Crippen LogP contribution is -2.24. The highest BCUT2D eigenvalue weighted by Crippen LogP contribution is 2.28. The topological polar surface area (TPSA) is 44.8 Å². The van der Waals surface area contributed by atoms with Gasteiger partial charge in [-0.05, 0) is 44.0 Å². The number of H-pyrrole nitrogens is 1. The van der Waals surface area contributed by atoms with E-state index in [9.17, 15) is 0 Å². The lowest BCUT2D eigenvalue weighted by atomic mass is 10.0. The third-order valence-electron chi connectivity index (χ3n) is 4.76. The summed E-state index contributed by atoms with van der Waals surface area (Å²) in [4.78, 5) is 15.0. The van der Waals surface area contributed by atoms with Crippen LogP contribution < -0.4 is 0 Å². The van der Waals surface area contributed by atoms with Gasteiger partial charge in [0.1, 0.15) is 5.82 Å². The van der Waals surface area contributed by atoms with Crippen molar-refractivity contribution in [3.8, 4) is 0 Å². The van der Waals surface area contributed by atoms with Gasteiger partial charge in [0.05, 0.1) is 17.2 Å². The first-order valence-corrected chi connectivity index (χ1v) is 8.44. The summed E-state index contributed by atoms with van der Waals surface area (Å²) in [6, 6.07) is 12.7. The van der Waals surface area contributed by atoms with E-state index < -0.39 is 0 Å². The molecule has 3 aromatic rings. The van der Waals surface area contributed by atoms with Gasteiger partial charge in [0.25, 0.3) is 0 Å². The molecule has 1 N–H and O–H groups in total. The van der Waals surface area contributed by atoms with Crippen molar-refractivity contribution < 1.29 is 0 Å². The maximum absolute atomic E-state index is 4.77. The van der Waals surface area contributed by atoms with Gasteiger partial charge in [0, 0.05) is 18.7 Å². The van der Waals surface area contributed by atoms with Gasteiger partial charge >= 0.3 is 0 Å². The van der Waals surface area contributed by atoms with Crippen LogP contribution in [0.25, 0.3) is 11.0 Å². The van der Waals surface area contributed by atoms with Crippen molar-refractivity contribution in [2.24, 2.45) is 0 Å². The Bertz CT molecular complexity index is 732. The van der Waals surface area contributed by atoms with Crippen LogP contribution in [0, 0.1) is 0 Å². The molecule has 0 spiro atoms. The maximum atomic E-state index is 4.77. The van der Waals surface area contributed by atoms with E-state index >= 15 is 0 Å². The molecule has 0 saturated carbocycles. The molecule has 1 saturated heterocycles. The molecule has 1 unspecified atom stereocenters. The zero-order chi connectivity index (χ0) is 15.5. The lowest BCUT2D eigenvalue weighted by molar-refractivity contribution is 0.275. The fourth-order valence-corrected chi connectivity index (χ4v) is 3.50. The number of aromatic amines is 1. The minimum absolute atomic E-state index is 0.531. The second-order valence-electron chi connectivity index (χ2n) is 6.40. The molecule has 1 fully saturated rings. The van der Waals surface area contributed by atoms with Gasteiger partial charge in [0.15, 0.2) is 0 Å². The largest absolute Gasteiger partial charge is 0.340 e. The quantitative estimate of drug-likeness (QED) is 0.802. The normalized spacial score (nSPS) is 19.7. The maximum Gasteiger partial charge on any atom is 0.110 e. The summed E-state index contributed by atoms with van der Waals surface area (Å²) in [7, 11) is 0. The average Bonchev–Trinajstić information content (AvgIpc) is 2.89. The Labute approximate surface area is 136 Å². The predicted molar refractivity (Wildman–Crippen MR) is 92.2 cm³/mol. The van der Waals surface area contributed by atoms with Gasteiger partial charge in [-0.2, -0.15) is 0 Å². The van der Waals surface area contributed by atoms with E-state index in [1.807, 2.05) is 18.5 Å². The Morgan fingerprint density at radius 3 is 2.87 bits per heavy atom. The molecule has 1 atom stereocenters. The predicted octanol–water partition coefficient (Wildman–Crippen LogP) is 3.73. The summed E-state index contributed by atoms with van der Waals surface area (Å²) in [5, 5.41) is 0. The summed E-state index contributed by atoms with van der Waals surface area (Å²) in [6.45, 7) is 3.36. The number of benzene rings is 1. The molecule has 4 heteroatoms. The first kappa shape index (κ1) is 14.4. The van der Waals surface area contributed by atoms with Gasteiger partial charge in [-0.25, -0.2) is 4.98 Å². The number of aromatic nitrogens is 3. The molecule has 1 aromatic carbocycles. The van der Waals surface area contributed by atoms with Crippen LogP contribution in [0.15, 0.2) is 48.8 Å². The van der Waals surface area contributed by atoms with E-state index in [1.165, 1.54) is 31.4 Å². The number of hydrogen-bond acceptors (Lipinski definition) is 3. The van der Waals surface area contributed by atoms with Crippen LogP contribution in [-0.4, -0.2) is 32.9 Å². The van der Waals surface area contributed by atoms with Crippen LogP contribution in [0.4, 0.5) is 0 Å². The second kappa shape index (κ2) is 6.50. The molecule has 118 valence electrons. The van der Waals surface area contributed by atoms with Crippen molar-refractivity contribution in [2.75, 3.05) is 13.1 Å². The number of likely N-dealkylation sites (tertiary alicyclic amines) is 1. The van der Waals surface area contributed by atoms with Crippen molar-refractivity contribution in [3.05, 3.63) is 60.2 Å². The molecule has 0 aliphatic carbocycles. The Morgan fingerprint density at radius 2 is 2.00 bits per heavy atom. The Morgan fingerprint density at radius 1 is 1.09 bits per heavy atom. The molecule has 1 aliphatic rings. The zero-order valence-electron chi connectivity index (χ0n) is 13.3. The first-order valence-electron chi connectivity index (χ1n) is 8.44. The summed E-state index contributed by atoms with van der Waals surface area (Å²) in [5.41, 5.74) is 3.48. The molecule has 0 radical (unpaired) electrons. The number of fused-ring (bicyclic) bond motifs is 1. The smallest absolute Gasteiger partial charge is 0.110 e. The number of hydrogen-bond donors (Lipinski definition) is 1. The van der Waals surface area contributed by atoms with E-state index in [0.29, 0.717) is 5.92 Å². The second-order valence-corrected chi connectivity index (χ2v) is 6.40. The van der Waals surface area contributed by atoms with Crippen LogP contribution in [0.5, 0.6) is 0 Å². The molecule has 1 aliphatic heterocycles. The minimum Gasteiger partial charge on any atom is -0.340 e. The number of nitrogens with zero attached hydrogens (tertiary/aromatic N) is 3. The summed E-state index contributed by atoms with van der Waals surface area (Å²) >= 11 is 0. The van der Waals surface area contributed by atoms with Crippen molar-refractivity contribution >= 4 is 11.0 Å². The molecule has 3 heterocycles. The number of nitrogens with one attached hydrogen (secondary N) is 1. The van der Waals surface area contributed by atoms with Crippen molar-refractivity contribution in [1.82, 2.24) is 19.9 Å². The van der Waals surface area contributed by atoms with E-state index in [-0.39, 0.29) is 0 Å². The Balaban J connectivity index is 1.44. The third kappa shape index (κ3) is 3.27. The van der Waals surface area contributed by atoms with Gasteiger partial charge < -0.3 is 4.98 Å². The van der Waals surface area contributed by atoms with Crippen LogP contribution in [0.2, 0.25) is 0 Å². The van der Waals surface area contributed by atoms with Crippen LogP contribution in [0.1, 0.15) is 36.6 Å². The highest BCUT2D eigenvalue weighted by Gasteiger charge is 2.21. The molecular weight excluding hydrogens is 284 g/mol. The van der Waals surface area contributed by atoms with E-state index in [4.69, 9.17) is 4.98 Å². The van der Waals surface area contributed by atoms with Crippen LogP contribution in [-0.2, 0) is 6.54 Å². The molecule has 4 nitrogen and oxygen atoms in total. The first-order chi connectivity index (χ1) is 11.4. The highest BCUT2D eigenvalue weighted by atomic mass is 15.1. The third-order valence-corrected chi connectivity index (χ3v) is 4.76. The monoisotopic (exact) mass is 306 g/mol. The van der Waals surface area contributed by atoms with E-state index in [0.717, 1.165) is 29.9 Å². The van der Waals surface area contributed by atoms with Gasteiger partial charge in [0.2, 0.25) is 0 Å². The summed E-state index contributed by atoms with van der Waals surface area (Å²) in [6.07, 6.45) is 7.28. The van der Waals surface area contributed by atoms with Crippen molar-refractivity contribution in [2.45, 2.75) is 31.7 Å². The summed E-state index contributed by atoms with van der Waals surface area (Å²) in [5.74, 6) is 1.66. The fourth-order valence-electron chi connectivity index (χ4n) is 3.50. The molecular formula is C19H22N4. The summed E-state index contributed by atoms with van der Waals surface area (Å²) < 4.78 is 0. The number of rotatable bonds is 3. The number of pyridine rings is 1. The Hall–Kier alpha value is -2.20. The van der Waals surface area contributed by atoms with Crippen molar-refractivity contribution in [1.29, 1.82) is 0 Å². The zero-order valence-corrected chi connectivity index (χ0v) is 13.3. The molecule has 0 bridgehead atoms. The van der Waals surface area contributed by atoms with Crippen LogP contribution in [0.3, 0.4) is 0 Å². The van der Waals surface area contributed by atoms with Gasteiger partial charge in [-0.15, -0.1) is 0 Å². The number of imidazole rings is 1. The minimum atomic E-state index is 0.531. The molecule has 23 heavy (non-hydrogen) atoms. The van der Waals surface area contributed by atoms with Gasteiger partial charge in [-0.3, -0.25) is 9.88 Å². The molecule has 4 rings (SSSR count). The molecule has 0 amide bonds. The Kier molecular flexibility index (Phi) is 4.07. The van der Waals surface area contributed by atoms with Gasteiger partial charge in [-0.1, -0.05) is 30.3 Å².